The lowest BCUT2D eigenvalue weighted by Crippen LogP contribution is -2.68. The minimum atomic E-state index is -1.65. The third-order valence-corrected chi connectivity index (χ3v) is 19.7. The van der Waals surface area contributed by atoms with Crippen LogP contribution < -0.4 is 0 Å². The second-order valence-corrected chi connectivity index (χ2v) is 20.7. The van der Waals surface area contributed by atoms with E-state index in [2.05, 4.69) is 33.5 Å². The molecule has 18 heavy (non-hydrogen) atoms. The predicted octanol–water partition coefficient (Wildman–Crippen LogP) is 4.39. The van der Waals surface area contributed by atoms with Gasteiger partial charge in [-0.2, -0.15) is 0 Å². The van der Waals surface area contributed by atoms with Crippen molar-refractivity contribution in [3.05, 3.63) is 0 Å². The Hall–Kier alpha value is 0.354. The van der Waals surface area contributed by atoms with E-state index in [0.29, 0.717) is 6.10 Å². The van der Waals surface area contributed by atoms with Gasteiger partial charge in [-0.05, 0) is 58.8 Å². The average molecular weight is 287 g/mol. The summed E-state index contributed by atoms with van der Waals surface area (Å²) in [4.78, 5) is 0. The van der Waals surface area contributed by atoms with Crippen molar-refractivity contribution >= 4 is 15.7 Å². The molecule has 0 aromatic carbocycles. The standard InChI is InChI=1S/C14H30O2Si2/c1-14(2)11-12-18(5,17(3,4)16-14)15-13-9-7-6-8-10-13/h13H,6-12H2,1-5H3. The molecule has 0 N–H and O–H groups in total. The van der Waals surface area contributed by atoms with Gasteiger partial charge >= 0.3 is 0 Å². The van der Waals surface area contributed by atoms with Crippen molar-refractivity contribution in [1.29, 1.82) is 0 Å². The molecule has 0 amide bonds. The van der Waals surface area contributed by atoms with E-state index < -0.39 is 15.7 Å². The van der Waals surface area contributed by atoms with Gasteiger partial charge in [0.2, 0.25) is 15.7 Å². The van der Waals surface area contributed by atoms with Crippen molar-refractivity contribution in [3.8, 4) is 0 Å². The molecule has 2 aliphatic rings. The van der Waals surface area contributed by atoms with E-state index in [1.165, 1.54) is 44.6 Å². The first-order valence-corrected chi connectivity index (χ1v) is 14.1. The topological polar surface area (TPSA) is 18.5 Å². The molecule has 2 fully saturated rings. The van der Waals surface area contributed by atoms with Gasteiger partial charge < -0.3 is 8.85 Å². The Morgan fingerprint density at radius 3 is 2.22 bits per heavy atom. The van der Waals surface area contributed by atoms with E-state index in [9.17, 15) is 0 Å². The van der Waals surface area contributed by atoms with Crippen LogP contribution in [0, 0.1) is 0 Å². The van der Waals surface area contributed by atoms with Crippen LogP contribution in [0.15, 0.2) is 0 Å². The summed E-state index contributed by atoms with van der Waals surface area (Å²) in [5, 5.41) is 0. The summed E-state index contributed by atoms with van der Waals surface area (Å²) >= 11 is 0. The Kier molecular flexibility index (Phi) is 4.13. The highest BCUT2D eigenvalue weighted by Gasteiger charge is 2.55. The van der Waals surface area contributed by atoms with E-state index in [1.54, 1.807) is 0 Å². The molecule has 1 saturated heterocycles. The molecular weight excluding hydrogens is 256 g/mol. The summed E-state index contributed by atoms with van der Waals surface area (Å²) in [6.45, 7) is 11.7. The maximum absolute atomic E-state index is 6.70. The predicted molar refractivity (Wildman–Crippen MR) is 81.6 cm³/mol. The van der Waals surface area contributed by atoms with Crippen LogP contribution in [0.5, 0.6) is 0 Å². The van der Waals surface area contributed by atoms with Crippen LogP contribution in [0.25, 0.3) is 0 Å². The first-order chi connectivity index (χ1) is 8.24. The summed E-state index contributed by atoms with van der Waals surface area (Å²) in [6.07, 6.45) is 8.44. The van der Waals surface area contributed by atoms with Crippen molar-refractivity contribution in [1.82, 2.24) is 0 Å². The van der Waals surface area contributed by atoms with Crippen LogP contribution in [-0.2, 0) is 8.85 Å². The van der Waals surface area contributed by atoms with E-state index in [4.69, 9.17) is 8.85 Å². The van der Waals surface area contributed by atoms with Crippen LogP contribution in [0.3, 0.4) is 0 Å². The molecule has 106 valence electrons. The van der Waals surface area contributed by atoms with Crippen molar-refractivity contribution in [2.24, 2.45) is 0 Å². The molecule has 1 heterocycles. The summed E-state index contributed by atoms with van der Waals surface area (Å²) < 4.78 is 13.2. The zero-order chi connectivity index (χ0) is 13.4. The van der Waals surface area contributed by atoms with Gasteiger partial charge in [0.1, 0.15) is 0 Å². The molecule has 0 bridgehead atoms. The van der Waals surface area contributed by atoms with Crippen LogP contribution >= 0.6 is 0 Å². The van der Waals surface area contributed by atoms with E-state index in [0.717, 1.165) is 0 Å². The summed E-state index contributed by atoms with van der Waals surface area (Å²) in [5.74, 6) is 0. The molecule has 1 aliphatic carbocycles. The third kappa shape index (κ3) is 3.08. The lowest BCUT2D eigenvalue weighted by molar-refractivity contribution is 0.0759. The van der Waals surface area contributed by atoms with Crippen LogP contribution in [-0.4, -0.2) is 27.4 Å². The Morgan fingerprint density at radius 2 is 1.67 bits per heavy atom. The largest absolute Gasteiger partial charge is 0.414 e. The fraction of sp³-hybridized carbons (Fsp3) is 1.00. The van der Waals surface area contributed by atoms with Gasteiger partial charge in [0.15, 0.2) is 0 Å². The zero-order valence-electron chi connectivity index (χ0n) is 12.8. The lowest BCUT2D eigenvalue weighted by Gasteiger charge is -2.51. The number of hydrogen-bond donors (Lipinski definition) is 0. The highest BCUT2D eigenvalue weighted by molar-refractivity contribution is 7.36. The quantitative estimate of drug-likeness (QED) is 0.701. The molecule has 1 saturated carbocycles. The first-order valence-electron chi connectivity index (χ1n) is 7.62. The van der Waals surface area contributed by atoms with Gasteiger partial charge in [0.05, 0.1) is 5.60 Å². The molecule has 0 aromatic rings. The molecule has 0 spiro atoms. The van der Waals surface area contributed by atoms with E-state index in [1.807, 2.05) is 0 Å². The lowest BCUT2D eigenvalue weighted by atomic mass is 9.98. The first kappa shape index (κ1) is 14.8. The normalized spacial score (nSPS) is 36.5. The molecule has 2 rings (SSSR count). The zero-order valence-corrected chi connectivity index (χ0v) is 14.8. The molecule has 0 aromatic heterocycles. The van der Waals surface area contributed by atoms with Gasteiger partial charge in [-0.3, -0.25) is 0 Å². The molecule has 4 heteroatoms. The van der Waals surface area contributed by atoms with Gasteiger partial charge in [0.25, 0.3) is 0 Å². The average Bonchev–Trinajstić information content (AvgIpc) is 2.25. The second-order valence-electron chi connectivity index (χ2n) is 7.48. The van der Waals surface area contributed by atoms with Crippen molar-refractivity contribution < 1.29 is 8.85 Å². The highest BCUT2D eigenvalue weighted by Crippen LogP contribution is 2.41. The van der Waals surface area contributed by atoms with Gasteiger partial charge in [-0.15, -0.1) is 0 Å². The van der Waals surface area contributed by atoms with Crippen LogP contribution in [0.4, 0.5) is 0 Å². The molecule has 1 aliphatic heterocycles. The van der Waals surface area contributed by atoms with Crippen LogP contribution in [0.1, 0.15) is 52.4 Å². The fourth-order valence-corrected chi connectivity index (χ4v) is 13.2. The molecule has 0 radical (unpaired) electrons. The van der Waals surface area contributed by atoms with Crippen molar-refractivity contribution in [3.63, 3.8) is 0 Å². The SMILES string of the molecule is CC1(C)CC[Si](C)(OC2CCCCC2)[Si](C)(C)O1. The number of rotatable bonds is 2. The van der Waals surface area contributed by atoms with Gasteiger partial charge in [-0.25, -0.2) is 0 Å². The monoisotopic (exact) mass is 286 g/mol. The van der Waals surface area contributed by atoms with Gasteiger partial charge in [-0.1, -0.05) is 19.3 Å². The third-order valence-electron chi connectivity index (χ3n) is 4.99. The maximum atomic E-state index is 6.70. The molecule has 2 nitrogen and oxygen atoms in total. The second kappa shape index (κ2) is 5.04. The van der Waals surface area contributed by atoms with E-state index in [-0.39, 0.29) is 5.60 Å². The van der Waals surface area contributed by atoms with Crippen molar-refractivity contribution in [2.75, 3.05) is 0 Å². The van der Waals surface area contributed by atoms with Crippen LogP contribution in [0.2, 0.25) is 25.7 Å². The highest BCUT2D eigenvalue weighted by atomic mass is 29.3. The summed E-state index contributed by atoms with van der Waals surface area (Å²) in [6, 6.07) is 1.30. The molecule has 1 unspecified atom stereocenters. The van der Waals surface area contributed by atoms with Crippen molar-refractivity contribution in [2.45, 2.75) is 89.8 Å². The Bertz CT molecular complexity index is 298. The Morgan fingerprint density at radius 1 is 1.06 bits per heavy atom. The number of hydrogen-bond acceptors (Lipinski definition) is 2. The summed E-state index contributed by atoms with van der Waals surface area (Å²) in [5.41, 5.74) is 0.0815. The van der Waals surface area contributed by atoms with E-state index >= 15 is 0 Å². The minimum Gasteiger partial charge on any atom is -0.414 e. The Balaban J connectivity index is 2.04. The molecule has 1 atom stereocenters. The van der Waals surface area contributed by atoms with Gasteiger partial charge in [0, 0.05) is 6.10 Å². The minimum absolute atomic E-state index is 0.0815. The smallest absolute Gasteiger partial charge is 0.208 e. The molecular formula is C14H30O2Si2. The fourth-order valence-electron chi connectivity index (χ4n) is 3.44. The summed E-state index contributed by atoms with van der Waals surface area (Å²) in [7, 11) is -3.27. The maximum Gasteiger partial charge on any atom is 0.208 e. The Labute approximate surface area is 114 Å².